The number of hydrogen-bond donors (Lipinski definition) is 0. The second-order valence-corrected chi connectivity index (χ2v) is 6.92. The number of likely N-dealkylation sites (tertiary alicyclic amines) is 1. The van der Waals surface area contributed by atoms with Gasteiger partial charge in [0.05, 0.1) is 5.54 Å². The lowest BCUT2D eigenvalue weighted by molar-refractivity contribution is -0.139. The molecule has 19 heavy (non-hydrogen) atoms. The van der Waals surface area contributed by atoms with Crippen LogP contribution in [0.15, 0.2) is 0 Å². The van der Waals surface area contributed by atoms with E-state index < -0.39 is 0 Å². The summed E-state index contributed by atoms with van der Waals surface area (Å²) in [6, 6.07) is 0.912. The molecule has 3 nitrogen and oxygen atoms in total. The van der Waals surface area contributed by atoms with E-state index >= 15 is 0 Å². The first kappa shape index (κ1) is 16.6. The second kappa shape index (κ2) is 6.36. The SMILES string of the molecule is CC(C)C(=O)C1(N(C)C(C)C)CCCN(C(C)C)C1. The van der Waals surface area contributed by atoms with Gasteiger partial charge in [0, 0.05) is 24.5 Å². The molecule has 0 aliphatic carbocycles. The summed E-state index contributed by atoms with van der Waals surface area (Å²) in [4.78, 5) is 17.6. The zero-order valence-electron chi connectivity index (χ0n) is 13.9. The molecule has 1 heterocycles. The Morgan fingerprint density at radius 3 is 2.16 bits per heavy atom. The number of hydrogen-bond acceptors (Lipinski definition) is 3. The maximum Gasteiger partial charge on any atom is 0.156 e. The highest BCUT2D eigenvalue weighted by Gasteiger charge is 2.46. The first-order chi connectivity index (χ1) is 8.72. The first-order valence-electron chi connectivity index (χ1n) is 7.73. The van der Waals surface area contributed by atoms with Gasteiger partial charge in [-0.25, -0.2) is 0 Å². The van der Waals surface area contributed by atoms with Crippen molar-refractivity contribution < 1.29 is 4.79 Å². The molecule has 0 bridgehead atoms. The van der Waals surface area contributed by atoms with Gasteiger partial charge in [-0.2, -0.15) is 0 Å². The Labute approximate surface area is 119 Å². The van der Waals surface area contributed by atoms with Crippen molar-refractivity contribution in [3.63, 3.8) is 0 Å². The molecule has 112 valence electrons. The van der Waals surface area contributed by atoms with Crippen LogP contribution in [0.1, 0.15) is 54.4 Å². The highest BCUT2D eigenvalue weighted by Crippen LogP contribution is 2.32. The fourth-order valence-electron chi connectivity index (χ4n) is 3.20. The maximum atomic E-state index is 12.9. The molecule has 0 N–H and O–H groups in total. The highest BCUT2D eigenvalue weighted by atomic mass is 16.1. The van der Waals surface area contributed by atoms with Crippen LogP contribution in [0.3, 0.4) is 0 Å². The molecule has 0 spiro atoms. The number of likely N-dealkylation sites (N-methyl/N-ethyl adjacent to an activating group) is 1. The van der Waals surface area contributed by atoms with Gasteiger partial charge in [0.15, 0.2) is 5.78 Å². The topological polar surface area (TPSA) is 23.6 Å². The fourth-order valence-corrected chi connectivity index (χ4v) is 3.20. The Morgan fingerprint density at radius 2 is 1.74 bits per heavy atom. The minimum atomic E-state index is -0.287. The molecule has 0 radical (unpaired) electrons. The lowest BCUT2D eigenvalue weighted by Gasteiger charge is -2.50. The van der Waals surface area contributed by atoms with E-state index in [9.17, 15) is 4.79 Å². The molecule has 0 aromatic heterocycles. The Balaban J connectivity index is 3.08. The van der Waals surface area contributed by atoms with Crippen LogP contribution in [-0.2, 0) is 4.79 Å². The van der Waals surface area contributed by atoms with Crippen molar-refractivity contribution in [2.45, 2.75) is 72.0 Å². The number of nitrogens with zero attached hydrogens (tertiary/aromatic N) is 2. The molecule has 0 amide bonds. The van der Waals surface area contributed by atoms with E-state index in [0.717, 1.165) is 25.9 Å². The van der Waals surface area contributed by atoms with E-state index in [1.807, 2.05) is 13.8 Å². The van der Waals surface area contributed by atoms with Crippen LogP contribution in [0.25, 0.3) is 0 Å². The number of carbonyl (C=O) groups is 1. The van der Waals surface area contributed by atoms with Gasteiger partial charge >= 0.3 is 0 Å². The van der Waals surface area contributed by atoms with Crippen LogP contribution in [-0.4, -0.2) is 53.3 Å². The fraction of sp³-hybridized carbons (Fsp3) is 0.938. The summed E-state index contributed by atoms with van der Waals surface area (Å²) >= 11 is 0. The van der Waals surface area contributed by atoms with Crippen molar-refractivity contribution in [1.82, 2.24) is 9.80 Å². The molecule has 1 aliphatic rings. The smallest absolute Gasteiger partial charge is 0.156 e. The third-order valence-electron chi connectivity index (χ3n) is 4.66. The van der Waals surface area contributed by atoms with Crippen molar-refractivity contribution in [2.24, 2.45) is 5.92 Å². The molecule has 0 aromatic rings. The summed E-state index contributed by atoms with van der Waals surface area (Å²) in [5.41, 5.74) is -0.287. The van der Waals surface area contributed by atoms with Gasteiger partial charge in [0.1, 0.15) is 0 Å². The van der Waals surface area contributed by atoms with Crippen molar-refractivity contribution in [3.8, 4) is 0 Å². The van der Waals surface area contributed by atoms with Crippen LogP contribution in [0, 0.1) is 5.92 Å². The van der Waals surface area contributed by atoms with E-state index in [1.165, 1.54) is 0 Å². The molecule has 1 unspecified atom stereocenters. The van der Waals surface area contributed by atoms with Gasteiger partial charge in [-0.3, -0.25) is 14.6 Å². The Kier molecular flexibility index (Phi) is 5.57. The number of ketones is 1. The molecule has 1 atom stereocenters. The summed E-state index contributed by atoms with van der Waals surface area (Å²) in [6.45, 7) is 14.9. The van der Waals surface area contributed by atoms with E-state index in [1.54, 1.807) is 0 Å². The number of rotatable bonds is 5. The largest absolute Gasteiger partial charge is 0.299 e. The second-order valence-electron chi connectivity index (χ2n) is 6.92. The number of Topliss-reactive ketones (excluding diaryl/α,β-unsaturated/α-hetero) is 1. The summed E-state index contributed by atoms with van der Waals surface area (Å²) < 4.78 is 0. The summed E-state index contributed by atoms with van der Waals surface area (Å²) in [6.07, 6.45) is 2.12. The molecule has 1 aliphatic heterocycles. The first-order valence-corrected chi connectivity index (χ1v) is 7.73. The number of piperidine rings is 1. The minimum absolute atomic E-state index is 0.105. The molecule has 0 saturated carbocycles. The quantitative estimate of drug-likeness (QED) is 0.766. The van der Waals surface area contributed by atoms with Crippen LogP contribution in [0.4, 0.5) is 0 Å². The molecule has 1 fully saturated rings. The van der Waals surface area contributed by atoms with Crippen LogP contribution in [0.5, 0.6) is 0 Å². The monoisotopic (exact) mass is 268 g/mol. The molecule has 1 rings (SSSR count). The Bertz CT molecular complexity index is 312. The van der Waals surface area contributed by atoms with Crippen LogP contribution < -0.4 is 0 Å². The zero-order valence-corrected chi connectivity index (χ0v) is 13.9. The van der Waals surface area contributed by atoms with Gasteiger partial charge in [0.25, 0.3) is 0 Å². The summed E-state index contributed by atoms with van der Waals surface area (Å²) in [7, 11) is 2.12. The van der Waals surface area contributed by atoms with E-state index in [2.05, 4.69) is 44.5 Å². The summed E-state index contributed by atoms with van der Waals surface area (Å²) in [5.74, 6) is 0.516. The lowest BCUT2D eigenvalue weighted by atomic mass is 9.78. The van der Waals surface area contributed by atoms with Crippen molar-refractivity contribution in [3.05, 3.63) is 0 Å². The lowest BCUT2D eigenvalue weighted by Crippen LogP contribution is -2.65. The number of carbonyl (C=O) groups excluding carboxylic acids is 1. The standard InChI is InChI=1S/C16H32N2O/c1-12(2)15(19)16(17(7)13(3)4)9-8-10-18(11-16)14(5)6/h12-14H,8-11H2,1-7H3. The van der Waals surface area contributed by atoms with Gasteiger partial charge in [-0.15, -0.1) is 0 Å². The van der Waals surface area contributed by atoms with E-state index in [-0.39, 0.29) is 11.5 Å². The minimum Gasteiger partial charge on any atom is -0.299 e. The predicted molar refractivity (Wildman–Crippen MR) is 81.4 cm³/mol. The molecular formula is C16H32N2O. The average molecular weight is 268 g/mol. The van der Waals surface area contributed by atoms with Crippen LogP contribution in [0.2, 0.25) is 0 Å². The van der Waals surface area contributed by atoms with Gasteiger partial charge < -0.3 is 0 Å². The van der Waals surface area contributed by atoms with Gasteiger partial charge in [-0.1, -0.05) is 13.8 Å². The van der Waals surface area contributed by atoms with E-state index in [0.29, 0.717) is 17.9 Å². The Morgan fingerprint density at radius 1 is 1.16 bits per heavy atom. The third-order valence-corrected chi connectivity index (χ3v) is 4.66. The van der Waals surface area contributed by atoms with Crippen molar-refractivity contribution in [1.29, 1.82) is 0 Å². The van der Waals surface area contributed by atoms with Gasteiger partial charge in [0.2, 0.25) is 0 Å². The molecule has 0 aromatic carbocycles. The zero-order chi connectivity index (χ0) is 14.8. The normalized spacial score (nSPS) is 25.8. The van der Waals surface area contributed by atoms with Crippen LogP contribution >= 0.6 is 0 Å². The maximum absolute atomic E-state index is 12.9. The average Bonchev–Trinajstić information content (AvgIpc) is 2.36. The predicted octanol–water partition coefficient (Wildman–Crippen LogP) is 2.79. The highest BCUT2D eigenvalue weighted by molar-refractivity contribution is 5.90. The van der Waals surface area contributed by atoms with Crippen molar-refractivity contribution >= 4 is 5.78 Å². The molecule has 3 heteroatoms. The van der Waals surface area contributed by atoms with E-state index in [4.69, 9.17) is 0 Å². The third kappa shape index (κ3) is 3.38. The molecular weight excluding hydrogens is 236 g/mol. The van der Waals surface area contributed by atoms with Crippen molar-refractivity contribution in [2.75, 3.05) is 20.1 Å². The van der Waals surface area contributed by atoms with Gasteiger partial charge in [-0.05, 0) is 54.1 Å². The Hall–Kier alpha value is -0.410. The summed E-state index contributed by atoms with van der Waals surface area (Å²) in [5, 5.41) is 0. The molecule has 1 saturated heterocycles.